The van der Waals surface area contributed by atoms with Crippen LogP contribution in [0.2, 0.25) is 5.02 Å². The zero-order valence-electron chi connectivity index (χ0n) is 11.8. The van der Waals surface area contributed by atoms with E-state index in [0.717, 1.165) is 30.3 Å². The number of anilines is 1. The molecule has 1 aliphatic carbocycles. The summed E-state index contributed by atoms with van der Waals surface area (Å²) in [5.41, 5.74) is 1.10. The van der Waals surface area contributed by atoms with Gasteiger partial charge >= 0.3 is 0 Å². The van der Waals surface area contributed by atoms with Gasteiger partial charge in [0, 0.05) is 12.2 Å². The molecule has 0 amide bonds. The van der Waals surface area contributed by atoms with Gasteiger partial charge in [0.1, 0.15) is 5.75 Å². The number of nitrogens with one attached hydrogen (secondary N) is 1. The van der Waals surface area contributed by atoms with Crippen molar-refractivity contribution in [1.29, 1.82) is 0 Å². The summed E-state index contributed by atoms with van der Waals surface area (Å²) < 4.78 is 5.58. The molecule has 0 bridgehead atoms. The Morgan fingerprint density at radius 3 is 2.74 bits per heavy atom. The molecule has 0 aliphatic heterocycles. The van der Waals surface area contributed by atoms with E-state index in [9.17, 15) is 0 Å². The maximum Gasteiger partial charge on any atom is 0.138 e. The first-order valence-electron chi connectivity index (χ1n) is 7.46. The summed E-state index contributed by atoms with van der Waals surface area (Å²) in [6.45, 7) is 3.87. The normalized spacial score (nSPS) is 16.3. The fourth-order valence-electron chi connectivity index (χ4n) is 2.59. The van der Waals surface area contributed by atoms with Crippen molar-refractivity contribution in [2.75, 3.05) is 18.5 Å². The Morgan fingerprint density at radius 1 is 1.26 bits per heavy atom. The second-order valence-corrected chi connectivity index (χ2v) is 5.79. The molecule has 1 aliphatic rings. The van der Waals surface area contributed by atoms with E-state index >= 15 is 0 Å². The maximum absolute atomic E-state index is 6.22. The van der Waals surface area contributed by atoms with E-state index in [1.165, 1.54) is 32.1 Å². The van der Waals surface area contributed by atoms with Crippen molar-refractivity contribution in [2.24, 2.45) is 5.92 Å². The molecule has 1 aromatic carbocycles. The van der Waals surface area contributed by atoms with Crippen molar-refractivity contribution in [3.05, 3.63) is 23.2 Å². The van der Waals surface area contributed by atoms with Gasteiger partial charge in [0.25, 0.3) is 0 Å². The summed E-state index contributed by atoms with van der Waals surface area (Å²) in [5.74, 6) is 1.61. The zero-order chi connectivity index (χ0) is 13.5. The van der Waals surface area contributed by atoms with Crippen LogP contribution < -0.4 is 10.1 Å². The number of hydrogen-bond donors (Lipinski definition) is 1. The topological polar surface area (TPSA) is 21.3 Å². The van der Waals surface area contributed by atoms with E-state index in [4.69, 9.17) is 16.3 Å². The first kappa shape index (κ1) is 14.5. The lowest BCUT2D eigenvalue weighted by atomic mass is 9.89. The van der Waals surface area contributed by atoms with Gasteiger partial charge in [-0.1, -0.05) is 37.8 Å². The van der Waals surface area contributed by atoms with Crippen molar-refractivity contribution < 1.29 is 4.74 Å². The van der Waals surface area contributed by atoms with Crippen LogP contribution in [0.15, 0.2) is 18.2 Å². The molecule has 0 radical (unpaired) electrons. The van der Waals surface area contributed by atoms with Gasteiger partial charge in [-0.3, -0.25) is 0 Å². The van der Waals surface area contributed by atoms with E-state index in [2.05, 4.69) is 18.3 Å². The van der Waals surface area contributed by atoms with Crippen molar-refractivity contribution in [3.63, 3.8) is 0 Å². The molecule has 19 heavy (non-hydrogen) atoms. The molecular formula is C16H24ClNO. The first-order valence-corrected chi connectivity index (χ1v) is 7.83. The molecule has 3 heteroatoms. The van der Waals surface area contributed by atoms with Gasteiger partial charge in [-0.15, -0.1) is 0 Å². The van der Waals surface area contributed by atoms with E-state index in [0.29, 0.717) is 11.6 Å². The average molecular weight is 282 g/mol. The summed E-state index contributed by atoms with van der Waals surface area (Å²) in [5, 5.41) is 4.19. The fourth-order valence-corrected chi connectivity index (χ4v) is 2.83. The summed E-state index contributed by atoms with van der Waals surface area (Å²) in [4.78, 5) is 0. The third-order valence-corrected chi connectivity index (χ3v) is 4.01. The zero-order valence-corrected chi connectivity index (χ0v) is 12.5. The Labute approximate surface area is 121 Å². The highest BCUT2D eigenvalue weighted by Gasteiger charge is 2.13. The number of hydrogen-bond acceptors (Lipinski definition) is 2. The third-order valence-electron chi connectivity index (χ3n) is 3.71. The van der Waals surface area contributed by atoms with Crippen LogP contribution in [-0.4, -0.2) is 13.2 Å². The highest BCUT2D eigenvalue weighted by atomic mass is 35.5. The molecule has 2 rings (SSSR count). The summed E-state index contributed by atoms with van der Waals surface area (Å²) >= 11 is 6.22. The second kappa shape index (κ2) is 7.64. The van der Waals surface area contributed by atoms with Gasteiger partial charge in [-0.2, -0.15) is 0 Å². The average Bonchev–Trinajstić information content (AvgIpc) is 2.45. The molecule has 0 saturated heterocycles. The van der Waals surface area contributed by atoms with E-state index in [1.807, 2.05) is 12.1 Å². The van der Waals surface area contributed by atoms with Crippen LogP contribution in [0.5, 0.6) is 5.75 Å². The smallest absolute Gasteiger partial charge is 0.138 e. The molecule has 2 nitrogen and oxygen atoms in total. The highest BCUT2D eigenvalue weighted by Crippen LogP contribution is 2.29. The summed E-state index contributed by atoms with van der Waals surface area (Å²) in [6.07, 6.45) is 7.90. The van der Waals surface area contributed by atoms with Gasteiger partial charge in [0.15, 0.2) is 0 Å². The molecule has 1 saturated carbocycles. The fraction of sp³-hybridized carbons (Fsp3) is 0.625. The molecule has 1 aromatic rings. The van der Waals surface area contributed by atoms with Crippen LogP contribution in [-0.2, 0) is 0 Å². The lowest BCUT2D eigenvalue weighted by Gasteiger charge is -2.22. The Kier molecular flexibility index (Phi) is 5.84. The monoisotopic (exact) mass is 281 g/mol. The minimum absolute atomic E-state index is 0.696. The minimum Gasteiger partial charge on any atom is -0.492 e. The molecule has 1 fully saturated rings. The Bertz CT molecular complexity index is 388. The SMILES string of the molecule is CCCOc1ccc(NCC2CCCCC2)cc1Cl. The second-order valence-electron chi connectivity index (χ2n) is 5.38. The Morgan fingerprint density at radius 2 is 2.05 bits per heavy atom. The highest BCUT2D eigenvalue weighted by molar-refractivity contribution is 6.32. The molecule has 106 valence electrons. The van der Waals surface area contributed by atoms with Crippen LogP contribution in [0.25, 0.3) is 0 Å². The minimum atomic E-state index is 0.696. The number of ether oxygens (including phenoxy) is 1. The molecule has 0 atom stereocenters. The first-order chi connectivity index (χ1) is 9.29. The quantitative estimate of drug-likeness (QED) is 0.781. The predicted molar refractivity (Wildman–Crippen MR) is 82.3 cm³/mol. The molecule has 0 heterocycles. The molecular weight excluding hydrogens is 258 g/mol. The number of rotatable bonds is 6. The summed E-state index contributed by atoms with van der Waals surface area (Å²) in [6, 6.07) is 5.98. The van der Waals surface area contributed by atoms with E-state index < -0.39 is 0 Å². The summed E-state index contributed by atoms with van der Waals surface area (Å²) in [7, 11) is 0. The lowest BCUT2D eigenvalue weighted by Crippen LogP contribution is -2.17. The molecule has 0 aromatic heterocycles. The third kappa shape index (κ3) is 4.61. The molecule has 0 spiro atoms. The maximum atomic E-state index is 6.22. The van der Waals surface area contributed by atoms with Crippen molar-refractivity contribution in [1.82, 2.24) is 0 Å². The van der Waals surface area contributed by atoms with Crippen LogP contribution in [0.1, 0.15) is 45.4 Å². The number of benzene rings is 1. The van der Waals surface area contributed by atoms with Crippen LogP contribution in [0.3, 0.4) is 0 Å². The van der Waals surface area contributed by atoms with Crippen molar-refractivity contribution in [3.8, 4) is 5.75 Å². The van der Waals surface area contributed by atoms with Gasteiger partial charge in [-0.25, -0.2) is 0 Å². The van der Waals surface area contributed by atoms with Gasteiger partial charge in [0.05, 0.1) is 11.6 Å². The largest absolute Gasteiger partial charge is 0.492 e. The van der Waals surface area contributed by atoms with Crippen LogP contribution in [0.4, 0.5) is 5.69 Å². The molecule has 1 N–H and O–H groups in total. The van der Waals surface area contributed by atoms with Gasteiger partial charge in [-0.05, 0) is 43.4 Å². The van der Waals surface area contributed by atoms with Crippen molar-refractivity contribution >= 4 is 17.3 Å². The Balaban J connectivity index is 1.84. The Hall–Kier alpha value is -0.890. The van der Waals surface area contributed by atoms with Crippen LogP contribution in [0, 0.1) is 5.92 Å². The van der Waals surface area contributed by atoms with Crippen LogP contribution >= 0.6 is 11.6 Å². The predicted octanol–water partition coefficient (Wildman–Crippen LogP) is 5.12. The van der Waals surface area contributed by atoms with E-state index in [1.54, 1.807) is 0 Å². The van der Waals surface area contributed by atoms with Gasteiger partial charge < -0.3 is 10.1 Å². The standard InChI is InChI=1S/C16H24ClNO/c1-2-10-19-16-9-8-14(11-15(16)17)18-12-13-6-4-3-5-7-13/h8-9,11,13,18H,2-7,10,12H2,1H3. The molecule has 0 unspecified atom stereocenters. The lowest BCUT2D eigenvalue weighted by molar-refractivity contribution is 0.317. The van der Waals surface area contributed by atoms with E-state index in [-0.39, 0.29) is 0 Å². The van der Waals surface area contributed by atoms with Crippen molar-refractivity contribution in [2.45, 2.75) is 45.4 Å². The van der Waals surface area contributed by atoms with Gasteiger partial charge in [0.2, 0.25) is 0 Å². The number of halogens is 1.